The number of hydrogen-bond acceptors (Lipinski definition) is 4. The van der Waals surface area contributed by atoms with Gasteiger partial charge in [-0.1, -0.05) is 24.3 Å². The van der Waals surface area contributed by atoms with E-state index >= 15 is 0 Å². The maximum atomic E-state index is 12.8. The van der Waals surface area contributed by atoms with Crippen molar-refractivity contribution in [2.75, 3.05) is 13.2 Å². The van der Waals surface area contributed by atoms with E-state index in [0.717, 1.165) is 30.6 Å². The van der Waals surface area contributed by atoms with E-state index in [1.54, 1.807) is 4.90 Å². The Bertz CT molecular complexity index is 662. The molecule has 1 aromatic carbocycles. The summed E-state index contributed by atoms with van der Waals surface area (Å²) in [6.45, 7) is 7.10. The van der Waals surface area contributed by atoms with Crippen molar-refractivity contribution in [3.05, 3.63) is 35.4 Å². The molecule has 0 bridgehead atoms. The lowest BCUT2D eigenvalue weighted by Crippen LogP contribution is -2.54. The Morgan fingerprint density at radius 2 is 2.00 bits per heavy atom. The van der Waals surface area contributed by atoms with E-state index in [0.29, 0.717) is 19.5 Å². The Labute approximate surface area is 154 Å². The molecular formula is C20H28N2O4. The van der Waals surface area contributed by atoms with Crippen LogP contribution in [0, 0.1) is 0 Å². The van der Waals surface area contributed by atoms with Gasteiger partial charge in [0.25, 0.3) is 0 Å². The monoisotopic (exact) mass is 360 g/mol. The molecular weight excluding hydrogens is 332 g/mol. The molecule has 2 atom stereocenters. The molecule has 0 saturated carbocycles. The van der Waals surface area contributed by atoms with Gasteiger partial charge in [-0.3, -0.25) is 9.69 Å². The van der Waals surface area contributed by atoms with Crippen LogP contribution in [-0.4, -0.2) is 47.8 Å². The molecule has 1 fully saturated rings. The largest absolute Gasteiger partial charge is 0.444 e. The fourth-order valence-electron chi connectivity index (χ4n) is 3.41. The summed E-state index contributed by atoms with van der Waals surface area (Å²) in [4.78, 5) is 27.1. The molecule has 0 aromatic heterocycles. The third kappa shape index (κ3) is 4.55. The molecule has 2 aliphatic rings. The average molecular weight is 360 g/mol. The first-order valence-electron chi connectivity index (χ1n) is 9.29. The number of nitrogens with one attached hydrogen (secondary N) is 1. The predicted octanol–water partition coefficient (Wildman–Crippen LogP) is 2.64. The first kappa shape index (κ1) is 18.7. The van der Waals surface area contributed by atoms with Crippen LogP contribution >= 0.6 is 0 Å². The van der Waals surface area contributed by atoms with Crippen LogP contribution in [0.3, 0.4) is 0 Å². The predicted molar refractivity (Wildman–Crippen MR) is 97.7 cm³/mol. The first-order chi connectivity index (χ1) is 12.3. The van der Waals surface area contributed by atoms with Gasteiger partial charge in [-0.2, -0.15) is 0 Å². The van der Waals surface area contributed by atoms with Crippen LogP contribution in [0.5, 0.6) is 0 Å². The van der Waals surface area contributed by atoms with E-state index < -0.39 is 17.7 Å². The van der Waals surface area contributed by atoms with Crippen molar-refractivity contribution in [2.45, 2.75) is 64.3 Å². The minimum atomic E-state index is -0.604. The molecule has 6 nitrogen and oxygen atoms in total. The van der Waals surface area contributed by atoms with Crippen molar-refractivity contribution >= 4 is 12.0 Å². The third-order valence-corrected chi connectivity index (χ3v) is 4.71. The topological polar surface area (TPSA) is 67.9 Å². The number of ether oxygens (including phenoxy) is 2. The van der Waals surface area contributed by atoms with Gasteiger partial charge in [0.05, 0.1) is 12.6 Å². The molecule has 0 aliphatic carbocycles. The normalized spacial score (nSPS) is 22.7. The maximum absolute atomic E-state index is 12.8. The molecule has 1 aromatic rings. The number of hydrogen-bond donors (Lipinski definition) is 1. The molecule has 6 heteroatoms. The molecule has 2 aliphatic heterocycles. The summed E-state index contributed by atoms with van der Waals surface area (Å²) in [5.74, 6) is -0.152. The van der Waals surface area contributed by atoms with Gasteiger partial charge in [0, 0.05) is 19.6 Å². The lowest BCUT2D eigenvalue weighted by Gasteiger charge is -2.37. The quantitative estimate of drug-likeness (QED) is 0.900. The first-order valence-corrected chi connectivity index (χ1v) is 9.29. The zero-order valence-electron chi connectivity index (χ0n) is 15.8. The summed E-state index contributed by atoms with van der Waals surface area (Å²) < 4.78 is 11.1. The highest BCUT2D eigenvalue weighted by Crippen LogP contribution is 2.25. The van der Waals surface area contributed by atoms with E-state index in [9.17, 15) is 9.59 Å². The SMILES string of the molecule is CC(C)(C)OC(=O)N1Cc2ccccc2CC1C(=O)NCC1CCCO1. The second-order valence-electron chi connectivity index (χ2n) is 7.98. The summed E-state index contributed by atoms with van der Waals surface area (Å²) in [6.07, 6.45) is 2.10. The van der Waals surface area contributed by atoms with Gasteiger partial charge in [-0.15, -0.1) is 0 Å². The van der Waals surface area contributed by atoms with E-state index in [2.05, 4.69) is 5.32 Å². The number of amides is 2. The van der Waals surface area contributed by atoms with Crippen LogP contribution in [-0.2, 0) is 27.2 Å². The minimum absolute atomic E-state index is 0.0739. The summed E-state index contributed by atoms with van der Waals surface area (Å²) in [5, 5.41) is 2.96. The Morgan fingerprint density at radius 1 is 1.27 bits per heavy atom. The van der Waals surface area contributed by atoms with Crippen molar-refractivity contribution < 1.29 is 19.1 Å². The van der Waals surface area contributed by atoms with Gasteiger partial charge in [0.1, 0.15) is 11.6 Å². The molecule has 0 radical (unpaired) electrons. The van der Waals surface area contributed by atoms with E-state index in [-0.39, 0.29) is 12.0 Å². The van der Waals surface area contributed by atoms with Gasteiger partial charge in [0.2, 0.25) is 5.91 Å². The van der Waals surface area contributed by atoms with Crippen LogP contribution in [0.15, 0.2) is 24.3 Å². The van der Waals surface area contributed by atoms with Crippen LogP contribution in [0.2, 0.25) is 0 Å². The van der Waals surface area contributed by atoms with Crippen molar-refractivity contribution in [2.24, 2.45) is 0 Å². The van der Waals surface area contributed by atoms with Crippen LogP contribution in [0.25, 0.3) is 0 Å². The number of nitrogens with zero attached hydrogens (tertiary/aromatic N) is 1. The second-order valence-corrected chi connectivity index (χ2v) is 7.98. The summed E-state index contributed by atoms with van der Waals surface area (Å²) in [7, 11) is 0. The van der Waals surface area contributed by atoms with Crippen molar-refractivity contribution in [1.29, 1.82) is 0 Å². The molecule has 142 valence electrons. The lowest BCUT2D eigenvalue weighted by molar-refractivity contribution is -0.127. The number of benzene rings is 1. The van der Waals surface area contributed by atoms with Gasteiger partial charge in [-0.05, 0) is 44.7 Å². The molecule has 26 heavy (non-hydrogen) atoms. The smallest absolute Gasteiger partial charge is 0.411 e. The van der Waals surface area contributed by atoms with E-state index in [1.807, 2.05) is 45.0 Å². The van der Waals surface area contributed by atoms with Gasteiger partial charge < -0.3 is 14.8 Å². The summed E-state index contributed by atoms with van der Waals surface area (Å²) in [6, 6.07) is 7.35. The molecule has 1 saturated heterocycles. The molecule has 1 N–H and O–H groups in total. The fraction of sp³-hybridized carbons (Fsp3) is 0.600. The van der Waals surface area contributed by atoms with Crippen LogP contribution in [0.1, 0.15) is 44.7 Å². The number of fused-ring (bicyclic) bond motifs is 1. The van der Waals surface area contributed by atoms with Gasteiger partial charge in [0.15, 0.2) is 0 Å². The summed E-state index contributed by atoms with van der Waals surface area (Å²) >= 11 is 0. The van der Waals surface area contributed by atoms with Crippen molar-refractivity contribution in [3.63, 3.8) is 0 Å². The second kappa shape index (κ2) is 7.66. The molecule has 3 rings (SSSR count). The van der Waals surface area contributed by atoms with Crippen LogP contribution in [0.4, 0.5) is 4.79 Å². The molecule has 2 heterocycles. The van der Waals surface area contributed by atoms with E-state index in [4.69, 9.17) is 9.47 Å². The van der Waals surface area contributed by atoms with Gasteiger partial charge >= 0.3 is 6.09 Å². The zero-order chi connectivity index (χ0) is 18.7. The third-order valence-electron chi connectivity index (χ3n) is 4.71. The minimum Gasteiger partial charge on any atom is -0.444 e. The molecule has 2 amide bonds. The lowest BCUT2D eigenvalue weighted by atomic mass is 9.93. The fourth-order valence-corrected chi connectivity index (χ4v) is 3.41. The Kier molecular flexibility index (Phi) is 5.51. The highest BCUT2D eigenvalue weighted by atomic mass is 16.6. The number of carbonyl (C=O) groups is 2. The molecule has 0 spiro atoms. The summed E-state index contributed by atoms with van der Waals surface area (Å²) in [5.41, 5.74) is 1.55. The van der Waals surface area contributed by atoms with Gasteiger partial charge in [-0.25, -0.2) is 4.79 Å². The maximum Gasteiger partial charge on any atom is 0.411 e. The average Bonchev–Trinajstić information content (AvgIpc) is 3.10. The number of rotatable bonds is 3. The zero-order valence-corrected chi connectivity index (χ0v) is 15.8. The molecule has 2 unspecified atom stereocenters. The van der Waals surface area contributed by atoms with Crippen molar-refractivity contribution in [1.82, 2.24) is 10.2 Å². The van der Waals surface area contributed by atoms with Crippen LogP contribution < -0.4 is 5.32 Å². The Balaban J connectivity index is 1.74. The standard InChI is InChI=1S/C20H28N2O4/c1-20(2,3)26-19(24)22-13-15-8-5-4-7-14(15)11-17(22)18(23)21-12-16-9-6-10-25-16/h4-5,7-8,16-17H,6,9-13H2,1-3H3,(H,21,23). The Hall–Kier alpha value is -2.08. The Morgan fingerprint density at radius 3 is 2.65 bits per heavy atom. The van der Waals surface area contributed by atoms with Crippen molar-refractivity contribution in [3.8, 4) is 0 Å². The number of carbonyl (C=O) groups excluding carboxylic acids is 2. The highest BCUT2D eigenvalue weighted by molar-refractivity contribution is 5.86. The highest BCUT2D eigenvalue weighted by Gasteiger charge is 2.37. The van der Waals surface area contributed by atoms with E-state index in [1.165, 1.54) is 0 Å².